The monoisotopic (exact) mass is 543 g/mol. The van der Waals surface area contributed by atoms with Gasteiger partial charge in [0.2, 0.25) is 0 Å². The van der Waals surface area contributed by atoms with Crippen LogP contribution in [0.15, 0.2) is 0 Å². The van der Waals surface area contributed by atoms with Crippen LogP contribution < -0.4 is 17.2 Å². The van der Waals surface area contributed by atoms with Crippen molar-refractivity contribution >= 4 is 5.78 Å². The van der Waals surface area contributed by atoms with Gasteiger partial charge in [-0.1, -0.05) is 0 Å². The first-order chi connectivity index (χ1) is 17.3. The second-order valence-corrected chi connectivity index (χ2v) is 9.41. The van der Waals surface area contributed by atoms with E-state index in [1.54, 1.807) is 0 Å². The number of carbonyl (C=O) groups excluding carboxylic acids is 1. The summed E-state index contributed by atoms with van der Waals surface area (Å²) in [5, 5.41) is 81.0. The van der Waals surface area contributed by atoms with E-state index in [0.29, 0.717) is 0 Å². The lowest BCUT2D eigenvalue weighted by atomic mass is 9.83. The van der Waals surface area contributed by atoms with Crippen LogP contribution in [-0.4, -0.2) is 158 Å². The third kappa shape index (κ3) is 5.54. The zero-order valence-electron chi connectivity index (χ0n) is 20.0. The number of carbonyl (C=O) groups is 1. The Labute approximate surface area is 211 Å². The summed E-state index contributed by atoms with van der Waals surface area (Å²) < 4.78 is 27.6. The molecule has 3 aliphatic rings. The van der Waals surface area contributed by atoms with Crippen LogP contribution in [0.25, 0.3) is 0 Å². The van der Waals surface area contributed by atoms with Crippen molar-refractivity contribution in [1.82, 2.24) is 0 Å². The number of ketones is 1. The Morgan fingerprint density at radius 1 is 0.784 bits per heavy atom. The standard InChI is InChI=1S/C20H37N3O14/c1-5(27)20(4-26)16(31)13(30)10(23)19(37-20)36-15-7(3-25)34-18(9(22)12(15)29)35-14-6(2-24)33-17(32)8(21)11(14)28/h6-19,24-26,28-32H,2-4,21-23H2,1H3/t6-,7-,8-,9-,10-,11-,12-,13-,14?,15?,16+,17-,18+,19+,20+/m1/s1. The maximum atomic E-state index is 12.2. The average molecular weight is 544 g/mol. The van der Waals surface area contributed by atoms with Crippen molar-refractivity contribution in [3.8, 4) is 0 Å². The highest BCUT2D eigenvalue weighted by molar-refractivity contribution is 5.86. The second-order valence-electron chi connectivity index (χ2n) is 9.41. The van der Waals surface area contributed by atoms with Gasteiger partial charge < -0.3 is 81.7 Å². The zero-order chi connectivity index (χ0) is 27.8. The number of rotatable bonds is 8. The van der Waals surface area contributed by atoms with E-state index in [-0.39, 0.29) is 0 Å². The Morgan fingerprint density at radius 2 is 1.27 bits per heavy atom. The first kappa shape index (κ1) is 30.6. The number of hydrogen-bond donors (Lipinski definition) is 11. The smallest absolute Gasteiger partial charge is 0.180 e. The molecule has 3 heterocycles. The van der Waals surface area contributed by atoms with Gasteiger partial charge in [-0.15, -0.1) is 0 Å². The van der Waals surface area contributed by atoms with Crippen molar-refractivity contribution in [1.29, 1.82) is 0 Å². The Balaban J connectivity index is 1.78. The molecule has 14 N–H and O–H groups in total. The molecule has 15 atom stereocenters. The molecule has 0 aromatic carbocycles. The Morgan fingerprint density at radius 3 is 1.78 bits per heavy atom. The zero-order valence-corrected chi connectivity index (χ0v) is 20.0. The van der Waals surface area contributed by atoms with Gasteiger partial charge in [0.1, 0.15) is 48.8 Å². The van der Waals surface area contributed by atoms with Gasteiger partial charge >= 0.3 is 0 Å². The summed E-state index contributed by atoms with van der Waals surface area (Å²) in [4.78, 5) is 12.2. The maximum absolute atomic E-state index is 12.2. The van der Waals surface area contributed by atoms with Gasteiger partial charge in [0, 0.05) is 0 Å². The molecule has 0 radical (unpaired) electrons. The fourth-order valence-corrected chi connectivity index (χ4v) is 4.61. The fraction of sp³-hybridized carbons (Fsp3) is 0.950. The van der Waals surface area contributed by atoms with Gasteiger partial charge in [0.15, 0.2) is 30.3 Å². The molecule has 3 fully saturated rings. The highest BCUT2D eigenvalue weighted by Gasteiger charge is 2.58. The third-order valence-electron chi connectivity index (χ3n) is 7.07. The highest BCUT2D eigenvalue weighted by atomic mass is 16.7. The van der Waals surface area contributed by atoms with Crippen molar-refractivity contribution in [2.75, 3.05) is 19.8 Å². The summed E-state index contributed by atoms with van der Waals surface area (Å²) in [5.74, 6) is -0.832. The van der Waals surface area contributed by atoms with Crippen LogP contribution in [0.4, 0.5) is 0 Å². The third-order valence-corrected chi connectivity index (χ3v) is 7.07. The van der Waals surface area contributed by atoms with E-state index in [9.17, 15) is 45.6 Å². The quantitative estimate of drug-likeness (QED) is 0.135. The van der Waals surface area contributed by atoms with E-state index in [2.05, 4.69) is 0 Å². The predicted molar refractivity (Wildman–Crippen MR) is 117 cm³/mol. The van der Waals surface area contributed by atoms with Crippen molar-refractivity contribution in [2.24, 2.45) is 17.2 Å². The van der Waals surface area contributed by atoms with Gasteiger partial charge in [-0.05, 0) is 6.92 Å². The van der Waals surface area contributed by atoms with Gasteiger partial charge in [0.05, 0.1) is 37.9 Å². The Kier molecular flexibility index (Phi) is 9.95. The molecule has 0 spiro atoms. The molecule has 37 heavy (non-hydrogen) atoms. The predicted octanol–water partition coefficient (Wildman–Crippen LogP) is -7.71. The van der Waals surface area contributed by atoms with Crippen LogP contribution in [0.1, 0.15) is 6.92 Å². The summed E-state index contributed by atoms with van der Waals surface area (Å²) >= 11 is 0. The Bertz CT molecular complexity index is 779. The minimum Gasteiger partial charge on any atom is -0.394 e. The summed E-state index contributed by atoms with van der Waals surface area (Å²) in [5.41, 5.74) is 15.4. The minimum absolute atomic E-state index is 0.682. The van der Waals surface area contributed by atoms with Crippen molar-refractivity contribution in [3.05, 3.63) is 0 Å². The normalized spacial score (nSPS) is 51.1. The molecule has 216 valence electrons. The number of Topliss-reactive ketones (excluding diaryl/α,β-unsaturated/α-hetero) is 1. The van der Waals surface area contributed by atoms with Gasteiger partial charge in [-0.2, -0.15) is 0 Å². The first-order valence-corrected chi connectivity index (χ1v) is 11.6. The van der Waals surface area contributed by atoms with Crippen molar-refractivity contribution in [2.45, 2.75) is 98.4 Å². The summed E-state index contributed by atoms with van der Waals surface area (Å²) in [6, 6.07) is -4.17. The summed E-state index contributed by atoms with van der Waals surface area (Å²) in [6.45, 7) is -1.46. The molecule has 3 saturated heterocycles. The maximum Gasteiger partial charge on any atom is 0.180 e. The summed E-state index contributed by atoms with van der Waals surface area (Å²) in [7, 11) is 0. The number of nitrogens with two attached hydrogens (primary N) is 3. The van der Waals surface area contributed by atoms with Crippen LogP contribution >= 0.6 is 0 Å². The van der Waals surface area contributed by atoms with Gasteiger partial charge in [0.25, 0.3) is 0 Å². The van der Waals surface area contributed by atoms with Crippen LogP contribution in [-0.2, 0) is 28.5 Å². The molecule has 0 aromatic rings. The van der Waals surface area contributed by atoms with E-state index < -0.39 is 117 Å². The van der Waals surface area contributed by atoms with E-state index in [0.717, 1.165) is 6.92 Å². The largest absolute Gasteiger partial charge is 0.394 e. The Hall–Kier alpha value is -0.970. The lowest BCUT2D eigenvalue weighted by Gasteiger charge is -2.50. The fourth-order valence-electron chi connectivity index (χ4n) is 4.61. The van der Waals surface area contributed by atoms with E-state index in [1.807, 2.05) is 0 Å². The van der Waals surface area contributed by atoms with Crippen LogP contribution in [0, 0.1) is 0 Å². The molecule has 0 aromatic heterocycles. The van der Waals surface area contributed by atoms with E-state index in [4.69, 9.17) is 40.9 Å². The molecule has 17 heteroatoms. The minimum atomic E-state index is -2.28. The molecule has 2 unspecified atom stereocenters. The van der Waals surface area contributed by atoms with Crippen LogP contribution in [0.3, 0.4) is 0 Å². The van der Waals surface area contributed by atoms with Crippen molar-refractivity contribution < 1.29 is 69.3 Å². The second kappa shape index (κ2) is 12.0. The topological polar surface area (TPSA) is 303 Å². The molecular formula is C20H37N3O14. The number of hydrogen-bond acceptors (Lipinski definition) is 17. The highest BCUT2D eigenvalue weighted by Crippen LogP contribution is 2.34. The average Bonchev–Trinajstić information content (AvgIpc) is 2.88. The first-order valence-electron chi connectivity index (χ1n) is 11.6. The van der Waals surface area contributed by atoms with Gasteiger partial charge in [-0.3, -0.25) is 4.79 Å². The number of ether oxygens (including phenoxy) is 5. The van der Waals surface area contributed by atoms with E-state index >= 15 is 0 Å². The van der Waals surface area contributed by atoms with Gasteiger partial charge in [-0.25, -0.2) is 0 Å². The molecule has 0 aliphatic carbocycles. The molecule has 17 nitrogen and oxygen atoms in total. The molecule has 3 rings (SSSR count). The van der Waals surface area contributed by atoms with Crippen LogP contribution in [0.5, 0.6) is 0 Å². The van der Waals surface area contributed by atoms with Crippen LogP contribution in [0.2, 0.25) is 0 Å². The lowest BCUT2D eigenvalue weighted by Crippen LogP contribution is -2.73. The molecular weight excluding hydrogens is 506 g/mol. The van der Waals surface area contributed by atoms with Crippen molar-refractivity contribution in [3.63, 3.8) is 0 Å². The summed E-state index contributed by atoms with van der Waals surface area (Å²) in [6.07, 6.45) is -17.1. The lowest BCUT2D eigenvalue weighted by molar-refractivity contribution is -0.355. The number of aliphatic hydroxyl groups excluding tert-OH is 8. The number of aliphatic hydroxyl groups is 8. The molecule has 3 aliphatic heterocycles. The molecule has 0 saturated carbocycles. The molecule has 0 amide bonds. The molecule has 0 bridgehead atoms. The van der Waals surface area contributed by atoms with E-state index in [1.165, 1.54) is 0 Å². The SMILES string of the molecule is CC(=O)[C@]1(CO)O[C@H](OC2[C@@H](CO)O[C@@H](OC3[C@@H](CO)O[C@@H](O)[C@H](N)[C@H]3O)[C@H](N)[C@H]2O)[C@H](N)[C@@H](O)[C@@H]1O.